The van der Waals surface area contributed by atoms with E-state index in [0.717, 1.165) is 37.6 Å². The molecule has 0 unspecified atom stereocenters. The molecule has 0 saturated heterocycles. The Morgan fingerprint density at radius 2 is 2.12 bits per heavy atom. The zero-order valence-corrected chi connectivity index (χ0v) is 10.8. The molecule has 0 amide bonds. The lowest BCUT2D eigenvalue weighted by molar-refractivity contribution is 0.192. The van der Waals surface area contributed by atoms with Gasteiger partial charge in [0.25, 0.3) is 0 Å². The molecule has 0 aliphatic heterocycles. The standard InChI is InChI=1S/C13H20ClNO/c1-11-9-13(14)6-5-12(11)10-15-7-3-4-8-16-2/h5-6,9,15H,3-4,7-8,10H2,1-2H3. The van der Waals surface area contributed by atoms with Gasteiger partial charge in [0, 0.05) is 25.3 Å². The van der Waals surface area contributed by atoms with Gasteiger partial charge in [-0.3, -0.25) is 0 Å². The molecule has 1 N–H and O–H groups in total. The van der Waals surface area contributed by atoms with Crippen LogP contribution in [0.4, 0.5) is 0 Å². The third-order valence-electron chi connectivity index (χ3n) is 2.57. The van der Waals surface area contributed by atoms with E-state index in [4.69, 9.17) is 16.3 Å². The van der Waals surface area contributed by atoms with Crippen molar-refractivity contribution >= 4 is 11.6 Å². The zero-order valence-electron chi connectivity index (χ0n) is 10.1. The minimum Gasteiger partial charge on any atom is -0.385 e. The van der Waals surface area contributed by atoms with Crippen LogP contribution < -0.4 is 5.32 Å². The predicted molar refractivity (Wildman–Crippen MR) is 69.0 cm³/mol. The SMILES string of the molecule is COCCCCNCc1ccc(Cl)cc1C. The van der Waals surface area contributed by atoms with Crippen molar-refractivity contribution in [3.05, 3.63) is 34.3 Å². The Morgan fingerprint density at radius 1 is 1.31 bits per heavy atom. The van der Waals surface area contributed by atoms with Gasteiger partial charge in [0.1, 0.15) is 0 Å². The van der Waals surface area contributed by atoms with Crippen LogP contribution in [-0.2, 0) is 11.3 Å². The second kappa shape index (κ2) is 7.66. The fourth-order valence-corrected chi connectivity index (χ4v) is 1.80. The molecule has 0 aromatic heterocycles. The molecule has 0 bridgehead atoms. The van der Waals surface area contributed by atoms with E-state index in [1.165, 1.54) is 11.1 Å². The van der Waals surface area contributed by atoms with E-state index < -0.39 is 0 Å². The van der Waals surface area contributed by atoms with E-state index in [2.05, 4.69) is 18.3 Å². The summed E-state index contributed by atoms with van der Waals surface area (Å²) in [4.78, 5) is 0. The first-order valence-electron chi connectivity index (χ1n) is 5.68. The minimum atomic E-state index is 0.807. The van der Waals surface area contributed by atoms with Gasteiger partial charge in [-0.25, -0.2) is 0 Å². The van der Waals surface area contributed by atoms with Crippen molar-refractivity contribution in [1.29, 1.82) is 0 Å². The molecule has 2 nitrogen and oxygen atoms in total. The van der Waals surface area contributed by atoms with Crippen molar-refractivity contribution < 1.29 is 4.74 Å². The third-order valence-corrected chi connectivity index (χ3v) is 2.81. The molecule has 0 heterocycles. The van der Waals surface area contributed by atoms with Crippen LogP contribution in [-0.4, -0.2) is 20.3 Å². The van der Waals surface area contributed by atoms with Gasteiger partial charge in [0.2, 0.25) is 0 Å². The van der Waals surface area contributed by atoms with Gasteiger partial charge in [0.15, 0.2) is 0 Å². The first-order valence-corrected chi connectivity index (χ1v) is 6.06. The Hall–Kier alpha value is -0.570. The molecule has 0 saturated carbocycles. The predicted octanol–water partition coefficient (Wildman–Crippen LogP) is 3.16. The van der Waals surface area contributed by atoms with Crippen molar-refractivity contribution in [2.75, 3.05) is 20.3 Å². The number of ether oxygens (including phenoxy) is 1. The number of halogens is 1. The number of hydrogen-bond acceptors (Lipinski definition) is 2. The maximum atomic E-state index is 5.90. The Morgan fingerprint density at radius 3 is 2.81 bits per heavy atom. The van der Waals surface area contributed by atoms with Crippen molar-refractivity contribution in [3.63, 3.8) is 0 Å². The normalized spacial score (nSPS) is 10.7. The monoisotopic (exact) mass is 241 g/mol. The Bertz CT molecular complexity index is 315. The van der Waals surface area contributed by atoms with Gasteiger partial charge in [-0.1, -0.05) is 17.7 Å². The molecule has 1 aromatic rings. The van der Waals surface area contributed by atoms with Crippen LogP contribution in [0.25, 0.3) is 0 Å². The lowest BCUT2D eigenvalue weighted by Gasteiger charge is -2.08. The van der Waals surface area contributed by atoms with Crippen LogP contribution in [0, 0.1) is 6.92 Å². The second-order valence-corrected chi connectivity index (χ2v) is 4.38. The molecule has 0 radical (unpaired) electrons. The Balaban J connectivity index is 2.21. The second-order valence-electron chi connectivity index (χ2n) is 3.95. The number of benzene rings is 1. The quantitative estimate of drug-likeness (QED) is 0.741. The summed E-state index contributed by atoms with van der Waals surface area (Å²) >= 11 is 5.90. The van der Waals surface area contributed by atoms with E-state index in [0.29, 0.717) is 0 Å². The van der Waals surface area contributed by atoms with Crippen molar-refractivity contribution in [2.24, 2.45) is 0 Å². The molecular formula is C13H20ClNO. The average molecular weight is 242 g/mol. The molecule has 0 aliphatic rings. The number of methoxy groups -OCH3 is 1. The largest absolute Gasteiger partial charge is 0.385 e. The van der Waals surface area contributed by atoms with Crippen LogP contribution in [0.3, 0.4) is 0 Å². The Kier molecular flexibility index (Phi) is 6.46. The topological polar surface area (TPSA) is 21.3 Å². The highest BCUT2D eigenvalue weighted by Gasteiger charge is 1.98. The number of unbranched alkanes of at least 4 members (excludes halogenated alkanes) is 1. The fraction of sp³-hybridized carbons (Fsp3) is 0.538. The number of rotatable bonds is 7. The summed E-state index contributed by atoms with van der Waals surface area (Å²) in [5.74, 6) is 0. The summed E-state index contributed by atoms with van der Waals surface area (Å²) in [6.45, 7) is 4.89. The van der Waals surface area contributed by atoms with Gasteiger partial charge in [-0.15, -0.1) is 0 Å². The van der Waals surface area contributed by atoms with Crippen molar-refractivity contribution in [1.82, 2.24) is 5.32 Å². The third kappa shape index (κ3) is 4.97. The Labute approximate surface area is 103 Å². The van der Waals surface area contributed by atoms with Crippen LogP contribution in [0.2, 0.25) is 5.02 Å². The molecule has 1 rings (SSSR count). The smallest absolute Gasteiger partial charge is 0.0462 e. The van der Waals surface area contributed by atoms with E-state index in [9.17, 15) is 0 Å². The maximum Gasteiger partial charge on any atom is 0.0462 e. The molecule has 0 spiro atoms. The number of nitrogens with one attached hydrogen (secondary N) is 1. The molecular weight excluding hydrogens is 222 g/mol. The molecule has 1 aromatic carbocycles. The first-order chi connectivity index (χ1) is 7.74. The molecule has 0 fully saturated rings. The minimum absolute atomic E-state index is 0.807. The summed E-state index contributed by atoms with van der Waals surface area (Å²) in [7, 11) is 1.74. The maximum absolute atomic E-state index is 5.90. The lowest BCUT2D eigenvalue weighted by atomic mass is 10.1. The van der Waals surface area contributed by atoms with Gasteiger partial charge < -0.3 is 10.1 Å². The van der Waals surface area contributed by atoms with Gasteiger partial charge in [0.05, 0.1) is 0 Å². The van der Waals surface area contributed by atoms with E-state index in [-0.39, 0.29) is 0 Å². The highest BCUT2D eigenvalue weighted by atomic mass is 35.5. The van der Waals surface area contributed by atoms with Crippen LogP contribution >= 0.6 is 11.6 Å². The molecule has 0 aliphatic carbocycles. The van der Waals surface area contributed by atoms with Gasteiger partial charge in [-0.2, -0.15) is 0 Å². The first kappa shape index (κ1) is 13.5. The number of aryl methyl sites for hydroxylation is 1. The number of hydrogen-bond donors (Lipinski definition) is 1. The molecule has 16 heavy (non-hydrogen) atoms. The summed E-state index contributed by atoms with van der Waals surface area (Å²) in [5, 5.41) is 4.23. The average Bonchev–Trinajstić information content (AvgIpc) is 2.26. The molecule has 0 atom stereocenters. The zero-order chi connectivity index (χ0) is 11.8. The molecule has 90 valence electrons. The summed E-state index contributed by atoms with van der Waals surface area (Å²) < 4.78 is 5.00. The summed E-state index contributed by atoms with van der Waals surface area (Å²) in [6.07, 6.45) is 2.27. The highest BCUT2D eigenvalue weighted by molar-refractivity contribution is 6.30. The van der Waals surface area contributed by atoms with Crippen LogP contribution in [0.15, 0.2) is 18.2 Å². The van der Waals surface area contributed by atoms with E-state index >= 15 is 0 Å². The van der Waals surface area contributed by atoms with Crippen LogP contribution in [0.1, 0.15) is 24.0 Å². The highest BCUT2D eigenvalue weighted by Crippen LogP contribution is 2.14. The van der Waals surface area contributed by atoms with E-state index in [1.807, 2.05) is 12.1 Å². The van der Waals surface area contributed by atoms with E-state index in [1.54, 1.807) is 7.11 Å². The lowest BCUT2D eigenvalue weighted by Crippen LogP contribution is -2.15. The molecule has 3 heteroatoms. The van der Waals surface area contributed by atoms with Crippen molar-refractivity contribution in [2.45, 2.75) is 26.3 Å². The van der Waals surface area contributed by atoms with Crippen LogP contribution in [0.5, 0.6) is 0 Å². The van der Waals surface area contributed by atoms with Gasteiger partial charge >= 0.3 is 0 Å². The summed E-state index contributed by atoms with van der Waals surface area (Å²) in [6, 6.07) is 6.03. The fourth-order valence-electron chi connectivity index (χ4n) is 1.58. The summed E-state index contributed by atoms with van der Waals surface area (Å²) in [5.41, 5.74) is 2.56. The van der Waals surface area contributed by atoms with Gasteiger partial charge in [-0.05, 0) is 49.6 Å². The van der Waals surface area contributed by atoms with Crippen molar-refractivity contribution in [3.8, 4) is 0 Å².